The summed E-state index contributed by atoms with van der Waals surface area (Å²) >= 11 is 3.26. The van der Waals surface area contributed by atoms with Crippen LogP contribution in [-0.4, -0.2) is 17.1 Å². The molecule has 0 aliphatic heterocycles. The molecule has 0 amide bonds. The number of nitrogens with one attached hydrogen (secondary N) is 1. The Balaban J connectivity index is 2.92. The predicted molar refractivity (Wildman–Crippen MR) is 68.7 cm³/mol. The number of benzene rings is 1. The minimum atomic E-state index is -0.888. The quantitative estimate of drug-likeness (QED) is 0.896. The zero-order valence-corrected chi connectivity index (χ0v) is 11.2. The average molecular weight is 297 g/mol. The van der Waals surface area contributed by atoms with E-state index in [4.69, 9.17) is 10.4 Å². The summed E-state index contributed by atoms with van der Waals surface area (Å²) in [6, 6.07) is 6.43. The highest BCUT2D eigenvalue weighted by Gasteiger charge is 2.21. The molecule has 0 aliphatic carbocycles. The number of carboxylic acid groups (broad SMARTS) is 1. The fourth-order valence-electron chi connectivity index (χ4n) is 1.39. The summed E-state index contributed by atoms with van der Waals surface area (Å²) < 4.78 is 0.651. The fraction of sp³-hybridized carbons (Fsp3) is 0.333. The molecule has 17 heavy (non-hydrogen) atoms. The third kappa shape index (κ3) is 3.46. The Bertz CT molecular complexity index is 466. The SMILES string of the molecule is CC(C)C(Nc1ccc(C#N)c(Br)c1)C(=O)O. The molecule has 1 aromatic carbocycles. The first-order valence-electron chi connectivity index (χ1n) is 5.14. The third-order valence-electron chi connectivity index (χ3n) is 2.34. The number of carboxylic acids is 1. The Morgan fingerprint density at radius 2 is 2.18 bits per heavy atom. The smallest absolute Gasteiger partial charge is 0.326 e. The molecular weight excluding hydrogens is 284 g/mol. The first-order chi connectivity index (χ1) is 7.95. The van der Waals surface area contributed by atoms with Gasteiger partial charge in [0.2, 0.25) is 0 Å². The molecule has 2 N–H and O–H groups in total. The summed E-state index contributed by atoms with van der Waals surface area (Å²) in [4.78, 5) is 11.0. The van der Waals surface area contributed by atoms with Gasteiger partial charge in [-0.25, -0.2) is 4.79 Å². The zero-order chi connectivity index (χ0) is 13.0. The van der Waals surface area contributed by atoms with Crippen molar-refractivity contribution in [3.05, 3.63) is 28.2 Å². The van der Waals surface area contributed by atoms with E-state index >= 15 is 0 Å². The molecular formula is C12H13BrN2O2. The highest BCUT2D eigenvalue weighted by Crippen LogP contribution is 2.22. The number of aliphatic carboxylic acids is 1. The second kappa shape index (κ2) is 5.69. The maximum atomic E-state index is 11.0. The molecule has 0 saturated carbocycles. The van der Waals surface area contributed by atoms with Crippen molar-refractivity contribution in [2.45, 2.75) is 19.9 Å². The van der Waals surface area contributed by atoms with Gasteiger partial charge in [-0.05, 0) is 40.0 Å². The normalized spacial score (nSPS) is 11.9. The summed E-state index contributed by atoms with van der Waals surface area (Å²) in [5.74, 6) is -0.914. The van der Waals surface area contributed by atoms with E-state index in [0.717, 1.165) is 0 Å². The van der Waals surface area contributed by atoms with Gasteiger partial charge < -0.3 is 10.4 Å². The van der Waals surface area contributed by atoms with Crippen LogP contribution in [0, 0.1) is 17.2 Å². The van der Waals surface area contributed by atoms with Crippen molar-refractivity contribution in [2.24, 2.45) is 5.92 Å². The van der Waals surface area contributed by atoms with E-state index in [1.807, 2.05) is 19.9 Å². The number of nitriles is 1. The van der Waals surface area contributed by atoms with Crippen LogP contribution < -0.4 is 5.32 Å². The van der Waals surface area contributed by atoms with Gasteiger partial charge in [0, 0.05) is 10.2 Å². The van der Waals surface area contributed by atoms with Crippen LogP contribution in [0.1, 0.15) is 19.4 Å². The van der Waals surface area contributed by atoms with E-state index in [1.54, 1.807) is 18.2 Å². The minimum absolute atomic E-state index is 0.0260. The zero-order valence-electron chi connectivity index (χ0n) is 9.57. The molecule has 0 fully saturated rings. The molecule has 1 aromatic rings. The lowest BCUT2D eigenvalue weighted by Crippen LogP contribution is -2.34. The molecule has 0 spiro atoms. The summed E-state index contributed by atoms with van der Waals surface area (Å²) in [6.45, 7) is 3.68. The second-order valence-electron chi connectivity index (χ2n) is 4.01. The molecule has 0 radical (unpaired) electrons. The Labute approximate surface area is 108 Å². The van der Waals surface area contributed by atoms with Crippen LogP contribution in [0.5, 0.6) is 0 Å². The standard InChI is InChI=1S/C12H13BrN2O2/c1-7(2)11(12(16)17)15-9-4-3-8(6-14)10(13)5-9/h3-5,7,11,15H,1-2H3,(H,16,17). The molecule has 0 bridgehead atoms. The second-order valence-corrected chi connectivity index (χ2v) is 4.87. The number of carbonyl (C=O) groups is 1. The highest BCUT2D eigenvalue weighted by atomic mass is 79.9. The van der Waals surface area contributed by atoms with Gasteiger partial charge in [0.25, 0.3) is 0 Å². The highest BCUT2D eigenvalue weighted by molar-refractivity contribution is 9.10. The van der Waals surface area contributed by atoms with Gasteiger partial charge in [-0.3, -0.25) is 0 Å². The van der Waals surface area contributed by atoms with E-state index in [2.05, 4.69) is 21.2 Å². The van der Waals surface area contributed by atoms with E-state index in [1.165, 1.54) is 0 Å². The number of halogens is 1. The van der Waals surface area contributed by atoms with Gasteiger partial charge >= 0.3 is 5.97 Å². The van der Waals surface area contributed by atoms with Crippen LogP contribution in [0.4, 0.5) is 5.69 Å². The Morgan fingerprint density at radius 1 is 1.53 bits per heavy atom. The summed E-state index contributed by atoms with van der Waals surface area (Å²) in [5, 5.41) is 20.8. The van der Waals surface area contributed by atoms with Crippen molar-refractivity contribution in [3.8, 4) is 6.07 Å². The van der Waals surface area contributed by atoms with Crippen molar-refractivity contribution < 1.29 is 9.90 Å². The van der Waals surface area contributed by atoms with Crippen molar-refractivity contribution in [1.29, 1.82) is 5.26 Å². The lowest BCUT2D eigenvalue weighted by molar-refractivity contribution is -0.138. The van der Waals surface area contributed by atoms with Gasteiger partial charge in [-0.1, -0.05) is 13.8 Å². The number of anilines is 1. The maximum Gasteiger partial charge on any atom is 0.326 e. The molecule has 5 heteroatoms. The van der Waals surface area contributed by atoms with E-state index in [-0.39, 0.29) is 5.92 Å². The monoisotopic (exact) mass is 296 g/mol. The number of hydrogen-bond acceptors (Lipinski definition) is 3. The lowest BCUT2D eigenvalue weighted by atomic mass is 10.0. The molecule has 0 heterocycles. The Hall–Kier alpha value is -1.54. The van der Waals surface area contributed by atoms with Crippen molar-refractivity contribution in [3.63, 3.8) is 0 Å². The van der Waals surface area contributed by atoms with Gasteiger partial charge in [-0.2, -0.15) is 5.26 Å². The predicted octanol–water partition coefficient (Wildman–Crippen LogP) is 2.84. The first kappa shape index (κ1) is 13.5. The van der Waals surface area contributed by atoms with E-state index in [9.17, 15) is 4.79 Å². The molecule has 0 aliphatic rings. The maximum absolute atomic E-state index is 11.0. The van der Waals surface area contributed by atoms with Crippen LogP contribution in [0.15, 0.2) is 22.7 Å². The molecule has 1 rings (SSSR count). The van der Waals surface area contributed by atoms with Gasteiger partial charge in [-0.15, -0.1) is 0 Å². The lowest BCUT2D eigenvalue weighted by Gasteiger charge is -2.19. The van der Waals surface area contributed by atoms with Gasteiger partial charge in [0.1, 0.15) is 12.1 Å². The summed E-state index contributed by atoms with van der Waals surface area (Å²) in [7, 11) is 0. The molecule has 90 valence electrons. The third-order valence-corrected chi connectivity index (χ3v) is 3.00. The van der Waals surface area contributed by atoms with Crippen molar-refractivity contribution in [2.75, 3.05) is 5.32 Å². The number of hydrogen-bond donors (Lipinski definition) is 2. The van der Waals surface area contributed by atoms with Gasteiger partial charge in [0.05, 0.1) is 5.56 Å². The van der Waals surface area contributed by atoms with E-state index < -0.39 is 12.0 Å². The molecule has 4 nitrogen and oxygen atoms in total. The van der Waals surface area contributed by atoms with Crippen LogP contribution in [-0.2, 0) is 4.79 Å². The van der Waals surface area contributed by atoms with E-state index in [0.29, 0.717) is 15.7 Å². The number of nitrogens with zero attached hydrogens (tertiary/aromatic N) is 1. The fourth-order valence-corrected chi connectivity index (χ4v) is 1.86. The summed E-state index contributed by atoms with van der Waals surface area (Å²) in [5.41, 5.74) is 1.20. The minimum Gasteiger partial charge on any atom is -0.480 e. The van der Waals surface area contributed by atoms with Crippen LogP contribution in [0.2, 0.25) is 0 Å². The molecule has 0 saturated heterocycles. The molecule has 1 unspecified atom stereocenters. The Kier molecular flexibility index (Phi) is 4.53. The Morgan fingerprint density at radius 3 is 2.59 bits per heavy atom. The molecule has 1 atom stereocenters. The first-order valence-corrected chi connectivity index (χ1v) is 5.94. The van der Waals surface area contributed by atoms with Gasteiger partial charge in [0.15, 0.2) is 0 Å². The largest absolute Gasteiger partial charge is 0.480 e. The number of rotatable bonds is 4. The average Bonchev–Trinajstić information content (AvgIpc) is 2.25. The van der Waals surface area contributed by atoms with Crippen LogP contribution >= 0.6 is 15.9 Å². The summed E-state index contributed by atoms with van der Waals surface area (Å²) in [6.07, 6.45) is 0. The van der Waals surface area contributed by atoms with Crippen LogP contribution in [0.25, 0.3) is 0 Å². The molecule has 0 aromatic heterocycles. The van der Waals surface area contributed by atoms with Crippen molar-refractivity contribution in [1.82, 2.24) is 0 Å². The van der Waals surface area contributed by atoms with Crippen LogP contribution in [0.3, 0.4) is 0 Å². The van der Waals surface area contributed by atoms with Crippen molar-refractivity contribution >= 4 is 27.6 Å². The topological polar surface area (TPSA) is 73.1 Å².